The van der Waals surface area contributed by atoms with Gasteiger partial charge in [0.2, 0.25) is 5.78 Å². The summed E-state index contributed by atoms with van der Waals surface area (Å²) in [4.78, 5) is 24.4. The number of fused-ring (bicyclic) bond motifs is 2. The Hall–Kier alpha value is -1.79. The number of carbonyl (C=O) groups excluding carboxylic acids is 2. The minimum absolute atomic E-state index is 0.00445. The predicted octanol–water partition coefficient (Wildman–Crippen LogP) is 0.794. The van der Waals surface area contributed by atoms with E-state index in [4.69, 9.17) is 0 Å². The summed E-state index contributed by atoms with van der Waals surface area (Å²) in [5.41, 5.74) is -2.80. The highest BCUT2D eigenvalue weighted by Gasteiger charge is 2.51. The summed E-state index contributed by atoms with van der Waals surface area (Å²) in [7, 11) is 5.56. The van der Waals surface area contributed by atoms with Gasteiger partial charge in [-0.25, -0.2) is 4.79 Å². The molecule has 7 nitrogen and oxygen atoms in total. The molecule has 2 aliphatic rings. The number of ketones is 1. The largest absolute Gasteiger partial charge is 0.453 e. The molecule has 0 spiro atoms. The van der Waals surface area contributed by atoms with Gasteiger partial charge in [-0.3, -0.25) is 10.1 Å². The molecule has 2 rings (SSSR count). The summed E-state index contributed by atoms with van der Waals surface area (Å²) in [6.07, 6.45) is 1.67. The van der Waals surface area contributed by atoms with Crippen molar-refractivity contribution in [3.05, 3.63) is 35.1 Å². The van der Waals surface area contributed by atoms with Crippen molar-refractivity contribution in [1.82, 2.24) is 5.32 Å². The van der Waals surface area contributed by atoms with Crippen molar-refractivity contribution in [2.45, 2.75) is 17.8 Å². The highest BCUT2D eigenvalue weighted by atomic mass is 33.5. The molecule has 0 heterocycles. The molecule has 4 N–H and O–H groups in total. The fourth-order valence-corrected chi connectivity index (χ4v) is 4.95. The number of hydrogen-bond acceptors (Lipinski definition) is 9. The van der Waals surface area contributed by atoms with E-state index in [2.05, 4.69) is 33.7 Å². The molecule has 0 radical (unpaired) electrons. The van der Waals surface area contributed by atoms with Gasteiger partial charge >= 0.3 is 6.09 Å². The number of methoxy groups -OCH3 is 1. The van der Waals surface area contributed by atoms with Crippen LogP contribution < -0.4 is 5.32 Å². The minimum atomic E-state index is -2.28. The van der Waals surface area contributed by atoms with Gasteiger partial charge in [0.05, 0.1) is 12.8 Å². The van der Waals surface area contributed by atoms with E-state index in [1.165, 1.54) is 43.6 Å². The van der Waals surface area contributed by atoms with Gasteiger partial charge < -0.3 is 20.1 Å². The number of nitrogens with one attached hydrogen (secondary N) is 1. The van der Waals surface area contributed by atoms with Crippen LogP contribution in [0, 0.1) is 23.7 Å². The summed E-state index contributed by atoms with van der Waals surface area (Å²) in [5.74, 6) is 9.48. The predicted molar refractivity (Wildman–Crippen MR) is 111 cm³/mol. The quantitative estimate of drug-likeness (QED) is 0.280. The van der Waals surface area contributed by atoms with E-state index in [-0.39, 0.29) is 11.1 Å². The van der Waals surface area contributed by atoms with Gasteiger partial charge in [0.25, 0.3) is 0 Å². The van der Waals surface area contributed by atoms with E-state index in [0.717, 1.165) is 7.11 Å². The van der Waals surface area contributed by atoms with Gasteiger partial charge in [-0.2, -0.15) is 0 Å². The lowest BCUT2D eigenvalue weighted by Crippen LogP contribution is -2.55. The Morgan fingerprint density at radius 2 is 2.11 bits per heavy atom. The van der Waals surface area contributed by atoms with Crippen LogP contribution in [0.15, 0.2) is 35.1 Å². The maximum absolute atomic E-state index is 12.7. The first kappa shape index (κ1) is 22.5. The van der Waals surface area contributed by atoms with Crippen molar-refractivity contribution in [2.24, 2.45) is 0 Å². The Morgan fingerprint density at radius 1 is 1.39 bits per heavy atom. The Labute approximate surface area is 173 Å². The first-order valence-electron chi connectivity index (χ1n) is 7.80. The summed E-state index contributed by atoms with van der Waals surface area (Å²) in [5, 5.41) is 34.4. The van der Waals surface area contributed by atoms with Crippen LogP contribution in [0.3, 0.4) is 0 Å². The molecular weight excluding hydrogens is 422 g/mol. The van der Waals surface area contributed by atoms with Crippen LogP contribution in [0.5, 0.6) is 0 Å². The maximum atomic E-state index is 12.7. The number of amides is 1. The van der Waals surface area contributed by atoms with Crippen molar-refractivity contribution >= 4 is 43.3 Å². The van der Waals surface area contributed by atoms with Crippen molar-refractivity contribution < 1.29 is 29.6 Å². The second kappa shape index (κ2) is 10.1. The Balaban J connectivity index is 2.73. The van der Waals surface area contributed by atoms with Gasteiger partial charge in [0, 0.05) is 16.9 Å². The van der Waals surface area contributed by atoms with Gasteiger partial charge in [-0.05, 0) is 28.2 Å². The van der Waals surface area contributed by atoms with Crippen LogP contribution in [0.4, 0.5) is 4.79 Å². The third-order valence-corrected chi connectivity index (χ3v) is 7.48. The molecule has 2 bridgehead atoms. The number of alkyl carbamates (subject to hydrolysis) is 1. The number of ether oxygens (including phenoxy) is 1. The van der Waals surface area contributed by atoms with Crippen LogP contribution in [0.25, 0.3) is 0 Å². The molecule has 148 valence electrons. The molecule has 0 aromatic rings. The zero-order valence-corrected chi connectivity index (χ0v) is 17.3. The van der Waals surface area contributed by atoms with Crippen LogP contribution in [-0.4, -0.2) is 64.1 Å². The molecule has 0 saturated carbocycles. The fourth-order valence-electron chi connectivity index (χ4n) is 2.54. The molecule has 10 heteroatoms. The Kier molecular flexibility index (Phi) is 8.13. The van der Waals surface area contributed by atoms with Crippen LogP contribution in [0.1, 0.15) is 0 Å². The summed E-state index contributed by atoms with van der Waals surface area (Å²) < 4.78 is 4.52. The van der Waals surface area contributed by atoms with E-state index in [9.17, 15) is 24.9 Å². The van der Waals surface area contributed by atoms with Crippen LogP contribution in [-0.2, 0) is 9.53 Å². The molecule has 0 aromatic carbocycles. The second-order valence-corrected chi connectivity index (χ2v) is 9.75. The molecule has 1 amide bonds. The standard InChI is InChI=1S/C18H17NO6S3/c1-25-17(23)19-14-13-11(8-10-27-28-26-2)18(24,16(22)15(14)21)9-6-4-3-5-7-12(13)20/h3-4,8,12,16,20,22,24H,10H2,1-2H3,(H,19,23)/b4-3-,11-8+/t12-,16+,18+/m0/s1. The van der Waals surface area contributed by atoms with Gasteiger partial charge in [0.15, 0.2) is 11.7 Å². The topological polar surface area (TPSA) is 116 Å². The van der Waals surface area contributed by atoms with Crippen molar-refractivity contribution in [2.75, 3.05) is 19.1 Å². The molecule has 0 aromatic heterocycles. The number of rotatable bonds is 5. The molecule has 0 unspecified atom stereocenters. The van der Waals surface area contributed by atoms with E-state index in [1.807, 2.05) is 6.26 Å². The van der Waals surface area contributed by atoms with E-state index >= 15 is 0 Å². The number of allylic oxidation sites excluding steroid dienone is 2. The maximum Gasteiger partial charge on any atom is 0.411 e. The molecule has 0 aliphatic heterocycles. The van der Waals surface area contributed by atoms with Gasteiger partial charge in [0.1, 0.15) is 6.10 Å². The molecule has 0 saturated heterocycles. The minimum Gasteiger partial charge on any atom is -0.453 e. The first-order valence-corrected chi connectivity index (χ1v) is 11.9. The van der Waals surface area contributed by atoms with E-state index < -0.39 is 35.4 Å². The van der Waals surface area contributed by atoms with E-state index in [0.29, 0.717) is 5.75 Å². The van der Waals surface area contributed by atoms with Gasteiger partial charge in [-0.1, -0.05) is 51.3 Å². The Morgan fingerprint density at radius 3 is 2.79 bits per heavy atom. The first-order chi connectivity index (χ1) is 13.4. The SMILES string of the molecule is COC(=O)NC1=C2/C(=C\CSSSC)[C@](O)(C#C/C=C\C#C[C@@H]2O)[C@H](O)C1=O. The van der Waals surface area contributed by atoms with Crippen LogP contribution >= 0.6 is 31.4 Å². The number of Topliss-reactive ketones (excluding diaryl/α,β-unsaturated/α-hetero) is 1. The summed E-state index contributed by atoms with van der Waals surface area (Å²) in [6, 6.07) is 0. The molecule has 3 atom stereocenters. The molecular formula is C18H17NO6S3. The third kappa shape index (κ3) is 4.78. The number of aliphatic hydroxyl groups is 3. The second-order valence-electron chi connectivity index (χ2n) is 5.37. The smallest absolute Gasteiger partial charge is 0.411 e. The average Bonchev–Trinajstić information content (AvgIpc) is 2.68. The highest BCUT2D eigenvalue weighted by molar-refractivity contribution is 9.09. The number of aliphatic hydroxyl groups excluding tert-OH is 2. The van der Waals surface area contributed by atoms with Crippen molar-refractivity contribution in [3.8, 4) is 23.7 Å². The summed E-state index contributed by atoms with van der Waals surface area (Å²) in [6.45, 7) is 0. The zero-order valence-electron chi connectivity index (χ0n) is 14.9. The Bertz CT molecular complexity index is 873. The van der Waals surface area contributed by atoms with Gasteiger partial charge in [-0.15, -0.1) is 0 Å². The lowest BCUT2D eigenvalue weighted by Gasteiger charge is -2.37. The number of carbonyl (C=O) groups is 2. The zero-order chi connectivity index (χ0) is 20.7. The van der Waals surface area contributed by atoms with E-state index in [1.54, 1.807) is 6.08 Å². The number of hydrogen-bond donors (Lipinski definition) is 4. The lowest BCUT2D eigenvalue weighted by atomic mass is 9.73. The monoisotopic (exact) mass is 439 g/mol. The molecule has 2 aliphatic carbocycles. The van der Waals surface area contributed by atoms with Crippen molar-refractivity contribution in [3.63, 3.8) is 0 Å². The molecule has 28 heavy (non-hydrogen) atoms. The fraction of sp³-hybridized carbons (Fsp3) is 0.333. The summed E-state index contributed by atoms with van der Waals surface area (Å²) >= 11 is 0. The van der Waals surface area contributed by atoms with Crippen LogP contribution in [0.2, 0.25) is 0 Å². The molecule has 0 fully saturated rings. The van der Waals surface area contributed by atoms with Crippen molar-refractivity contribution in [1.29, 1.82) is 0 Å². The highest BCUT2D eigenvalue weighted by Crippen LogP contribution is 2.39. The third-order valence-electron chi connectivity index (χ3n) is 3.75. The average molecular weight is 440 g/mol. The normalized spacial score (nSPS) is 28.6. The lowest BCUT2D eigenvalue weighted by molar-refractivity contribution is -0.132.